The normalized spacial score (nSPS) is 0. The van der Waals surface area contributed by atoms with E-state index in [0.717, 1.165) is 0 Å². The molecule has 0 fully saturated rings. The third kappa shape index (κ3) is 8.82. The fourth-order valence-corrected chi connectivity index (χ4v) is 0. The molecule has 0 aromatic heterocycles. The molecule has 0 aliphatic rings. The second-order valence-corrected chi connectivity index (χ2v) is 0. The maximum absolute atomic E-state index is 0. The van der Waals surface area contributed by atoms with Crippen LogP contribution in [0.2, 0.25) is 0 Å². The van der Waals surface area contributed by atoms with Crippen molar-refractivity contribution in [3.05, 3.63) is 0 Å². The molecule has 0 aromatic carbocycles. The first-order chi connectivity index (χ1) is 0. The van der Waals surface area contributed by atoms with Crippen LogP contribution in [0.4, 0.5) is 0 Å². The van der Waals surface area contributed by atoms with Gasteiger partial charge in [-0.2, -0.15) is 0 Å². The molecule has 0 amide bonds. The summed E-state index contributed by atoms with van der Waals surface area (Å²) in [5, 5.41) is 0. The van der Waals surface area contributed by atoms with Gasteiger partial charge in [0.1, 0.15) is 0 Å². The maximum atomic E-state index is 0. The molecule has 0 aliphatic carbocycles. The van der Waals surface area contributed by atoms with Gasteiger partial charge in [-0.1, -0.05) is 0 Å². The zero-order valence-corrected chi connectivity index (χ0v) is 5.15. The fraction of sp³-hybridized carbons (Fsp3) is 0. The monoisotopic (exact) mass is 243 g/mol. The van der Waals surface area contributed by atoms with E-state index in [1.54, 1.807) is 0 Å². The van der Waals surface area contributed by atoms with Gasteiger partial charge in [-0.3, -0.25) is 0 Å². The minimum atomic E-state index is 0. The molecule has 4 heteroatoms. The van der Waals surface area contributed by atoms with Crippen molar-refractivity contribution in [2.45, 2.75) is 0 Å². The molecule has 0 heterocycles. The minimum absolute atomic E-state index is 0. The predicted molar refractivity (Wildman–Crippen MR) is 9.94 cm³/mol. The summed E-state index contributed by atoms with van der Waals surface area (Å²) in [5.41, 5.74) is 0. The van der Waals surface area contributed by atoms with Crippen LogP contribution < -0.4 is 0 Å². The molecule has 0 spiro atoms. The minimum Gasteiger partial charge on any atom is 0 e. The van der Waals surface area contributed by atoms with Crippen molar-refractivity contribution in [1.29, 1.82) is 0 Å². The van der Waals surface area contributed by atoms with Crippen LogP contribution in [0.15, 0.2) is 0 Å². The van der Waals surface area contributed by atoms with Crippen LogP contribution in [0.5, 0.6) is 0 Å². The molecule has 0 atom stereocenters. The van der Waals surface area contributed by atoms with Crippen molar-refractivity contribution in [3.8, 4) is 0 Å². The van der Waals surface area contributed by atoms with Crippen molar-refractivity contribution >= 4 is 17.4 Å². The Morgan fingerprint density at radius 3 is 1.00 bits per heavy atom. The molecular weight excluding hydrogens is 241 g/mol. The molecule has 0 unspecified atom stereocenters. The Morgan fingerprint density at radius 2 is 1.00 bits per heavy atom. The van der Waals surface area contributed by atoms with Gasteiger partial charge in [0.05, 0.1) is 0 Å². The predicted octanol–water partition coefficient (Wildman–Crippen LogP) is -1.19. The quantitative estimate of drug-likeness (QED) is 0.470. The zero-order chi connectivity index (χ0) is 0. The summed E-state index contributed by atoms with van der Waals surface area (Å²) in [5.74, 6) is 0. The Bertz CT molecular complexity index is 8.00. The summed E-state index contributed by atoms with van der Waals surface area (Å²) >= 11 is 0. The summed E-state index contributed by atoms with van der Waals surface area (Å²) in [6, 6.07) is 0. The second kappa shape index (κ2) is 17.9. The van der Waals surface area contributed by atoms with E-state index in [9.17, 15) is 0 Å². The smallest absolute Gasteiger partial charge is 0 e. The van der Waals surface area contributed by atoms with Gasteiger partial charge >= 0.3 is 0 Å². The van der Waals surface area contributed by atoms with Gasteiger partial charge < -0.3 is 0 Å². The Morgan fingerprint density at radius 1 is 1.00 bits per heavy atom. The third-order valence-corrected chi connectivity index (χ3v) is 0. The average molecular weight is 244 g/mol. The van der Waals surface area contributed by atoms with Crippen LogP contribution >= 0.6 is 0 Å². The summed E-state index contributed by atoms with van der Waals surface area (Å²) < 4.78 is 0. The van der Waals surface area contributed by atoms with E-state index in [1.165, 1.54) is 0 Å². The van der Waals surface area contributed by atoms with Crippen molar-refractivity contribution in [2.24, 2.45) is 0 Å². The standard InChI is InChI=1S/Ag.Al.Ni.Ti.3H. The number of hydrogen-bond acceptors (Lipinski definition) is 0. The van der Waals surface area contributed by atoms with Crippen LogP contribution in [0.3, 0.4) is 0 Å². The SMILES string of the molecule is [Ag].[AlH3].[Ni].[Ti]. The first kappa shape index (κ1) is 31.6. The summed E-state index contributed by atoms with van der Waals surface area (Å²) in [6.07, 6.45) is 0. The molecule has 1 radical (unpaired) electrons. The Labute approximate surface area is 76.9 Å². The van der Waals surface area contributed by atoms with Gasteiger partial charge in [0, 0.05) is 60.6 Å². The largest absolute Gasteiger partial charge is 0.187 e. The Hall–Kier alpha value is 2.48. The first-order valence-corrected chi connectivity index (χ1v) is 0. The molecule has 0 N–H and O–H groups in total. The molecule has 0 rings (SSSR count). The molecule has 4 heavy (non-hydrogen) atoms. The van der Waals surface area contributed by atoms with Crippen LogP contribution in [-0.4, -0.2) is 17.4 Å². The molecule has 0 bridgehead atoms. The summed E-state index contributed by atoms with van der Waals surface area (Å²) in [4.78, 5) is 0. The third-order valence-electron chi connectivity index (χ3n) is 0. The van der Waals surface area contributed by atoms with E-state index in [4.69, 9.17) is 0 Å². The molecule has 31 valence electrons. The van der Waals surface area contributed by atoms with Crippen LogP contribution in [0.25, 0.3) is 0 Å². The van der Waals surface area contributed by atoms with Crippen LogP contribution in [0.1, 0.15) is 0 Å². The number of hydrogen-bond donors (Lipinski definition) is 0. The van der Waals surface area contributed by atoms with Gasteiger partial charge in [-0.05, 0) is 0 Å². The van der Waals surface area contributed by atoms with Crippen molar-refractivity contribution in [3.63, 3.8) is 0 Å². The summed E-state index contributed by atoms with van der Waals surface area (Å²) in [6.45, 7) is 0. The first-order valence-electron chi connectivity index (χ1n) is 0. The van der Waals surface area contributed by atoms with E-state index in [0.29, 0.717) is 0 Å². The van der Waals surface area contributed by atoms with Crippen molar-refractivity contribution < 1.29 is 60.6 Å². The Balaban J connectivity index is 0. The molecule has 0 saturated heterocycles. The van der Waals surface area contributed by atoms with Gasteiger partial charge in [0.2, 0.25) is 0 Å². The number of rotatable bonds is 0. The summed E-state index contributed by atoms with van der Waals surface area (Å²) in [7, 11) is 0. The van der Waals surface area contributed by atoms with Crippen molar-refractivity contribution in [2.75, 3.05) is 0 Å². The molecule has 0 aromatic rings. The van der Waals surface area contributed by atoms with E-state index in [1.807, 2.05) is 0 Å². The molecule has 0 nitrogen and oxygen atoms in total. The fourth-order valence-electron chi connectivity index (χ4n) is 0. The Kier molecular flexibility index (Phi) is 141. The van der Waals surface area contributed by atoms with Gasteiger partial charge in [-0.15, -0.1) is 0 Å². The van der Waals surface area contributed by atoms with E-state index in [-0.39, 0.29) is 78.0 Å². The maximum Gasteiger partial charge on any atom is 0.187 e. The van der Waals surface area contributed by atoms with Crippen LogP contribution in [-0.2, 0) is 60.6 Å². The van der Waals surface area contributed by atoms with E-state index in [2.05, 4.69) is 0 Å². The van der Waals surface area contributed by atoms with Gasteiger partial charge in [0.25, 0.3) is 0 Å². The van der Waals surface area contributed by atoms with Crippen molar-refractivity contribution in [1.82, 2.24) is 0 Å². The topological polar surface area (TPSA) is 0 Å². The molecule has 0 saturated carbocycles. The zero-order valence-electron chi connectivity index (χ0n) is 1.12. The van der Waals surface area contributed by atoms with Gasteiger partial charge in [-0.25, -0.2) is 0 Å². The van der Waals surface area contributed by atoms with E-state index >= 15 is 0 Å². The second-order valence-electron chi connectivity index (χ2n) is 0. The average Bonchev–Trinajstić information content (AvgIpc) is 0. The van der Waals surface area contributed by atoms with E-state index < -0.39 is 0 Å². The van der Waals surface area contributed by atoms with Gasteiger partial charge in [0.15, 0.2) is 17.4 Å². The molecule has 0 aliphatic heterocycles. The molecular formula is H3AgAlNiTi. The van der Waals surface area contributed by atoms with Crippen LogP contribution in [0, 0.1) is 0 Å².